The van der Waals surface area contributed by atoms with E-state index < -0.39 is 6.10 Å². The number of aliphatic hydroxyl groups is 1. The fraction of sp³-hybridized carbons (Fsp3) is 0.429. The molecule has 2 heterocycles. The van der Waals surface area contributed by atoms with Crippen LogP contribution in [0.15, 0.2) is 48.5 Å². The summed E-state index contributed by atoms with van der Waals surface area (Å²) in [5.74, 6) is 1.53. The minimum atomic E-state index is -0.484. The molecule has 27 heavy (non-hydrogen) atoms. The third-order valence-corrected chi connectivity index (χ3v) is 4.98. The molecule has 2 aromatic carbocycles. The Morgan fingerprint density at radius 3 is 2.56 bits per heavy atom. The Kier molecular flexibility index (Phi) is 5.77. The first-order valence-corrected chi connectivity index (χ1v) is 9.44. The molecule has 0 spiro atoms. The van der Waals surface area contributed by atoms with Crippen LogP contribution < -0.4 is 14.4 Å². The largest absolute Gasteiger partial charge is 0.454 e. The average molecular weight is 370 g/mol. The summed E-state index contributed by atoms with van der Waals surface area (Å²) >= 11 is 0. The molecular weight excluding hydrogens is 344 g/mol. The van der Waals surface area contributed by atoms with E-state index in [2.05, 4.69) is 34.1 Å². The van der Waals surface area contributed by atoms with Crippen molar-refractivity contribution in [2.45, 2.75) is 12.7 Å². The van der Waals surface area contributed by atoms with Gasteiger partial charge >= 0.3 is 0 Å². The first-order chi connectivity index (χ1) is 13.3. The monoisotopic (exact) mass is 370 g/mol. The van der Waals surface area contributed by atoms with Crippen molar-refractivity contribution >= 4 is 5.69 Å². The van der Waals surface area contributed by atoms with Gasteiger partial charge in [0, 0.05) is 38.4 Å². The van der Waals surface area contributed by atoms with Crippen LogP contribution in [-0.2, 0) is 11.3 Å². The second kappa shape index (κ2) is 8.61. The van der Waals surface area contributed by atoms with Crippen LogP contribution in [0, 0.1) is 0 Å². The van der Waals surface area contributed by atoms with E-state index in [0.717, 1.165) is 43.2 Å². The number of hydrogen-bond donors (Lipinski definition) is 1. The van der Waals surface area contributed by atoms with Crippen molar-refractivity contribution in [2.75, 3.05) is 51.0 Å². The lowest BCUT2D eigenvalue weighted by Gasteiger charge is -2.36. The molecule has 0 bridgehead atoms. The van der Waals surface area contributed by atoms with E-state index in [4.69, 9.17) is 14.2 Å². The first kappa shape index (κ1) is 18.1. The third-order valence-electron chi connectivity index (χ3n) is 4.98. The quantitative estimate of drug-likeness (QED) is 0.806. The normalized spacial score (nSPS) is 17.9. The van der Waals surface area contributed by atoms with Gasteiger partial charge in [-0.25, -0.2) is 0 Å². The van der Waals surface area contributed by atoms with Crippen molar-refractivity contribution in [3.8, 4) is 11.5 Å². The molecule has 0 aliphatic carbocycles. The molecule has 1 atom stereocenters. The highest BCUT2D eigenvalue weighted by atomic mass is 16.7. The van der Waals surface area contributed by atoms with Gasteiger partial charge in [-0.2, -0.15) is 0 Å². The average Bonchev–Trinajstić information content (AvgIpc) is 3.17. The molecule has 6 heteroatoms. The smallest absolute Gasteiger partial charge is 0.231 e. The molecule has 1 fully saturated rings. The van der Waals surface area contributed by atoms with Gasteiger partial charge in [0.15, 0.2) is 11.5 Å². The van der Waals surface area contributed by atoms with E-state index in [1.54, 1.807) is 0 Å². The summed E-state index contributed by atoms with van der Waals surface area (Å²) < 4.78 is 16.4. The molecule has 0 aromatic heterocycles. The van der Waals surface area contributed by atoms with Crippen LogP contribution in [0.25, 0.3) is 0 Å². The molecule has 0 radical (unpaired) electrons. The highest BCUT2D eigenvalue weighted by molar-refractivity contribution is 5.46. The number of nitrogens with zero attached hydrogens (tertiary/aromatic N) is 2. The number of para-hydroxylation sites is 1. The summed E-state index contributed by atoms with van der Waals surface area (Å²) in [5.41, 5.74) is 2.28. The molecule has 4 rings (SSSR count). The van der Waals surface area contributed by atoms with Crippen LogP contribution in [0.4, 0.5) is 5.69 Å². The van der Waals surface area contributed by atoms with Gasteiger partial charge in [-0.3, -0.25) is 4.90 Å². The van der Waals surface area contributed by atoms with Crippen molar-refractivity contribution < 1.29 is 19.3 Å². The SMILES string of the molecule is O[C@H](COCc1ccc2c(c1)OCO2)CN1CCN(c2ccccc2)CC1. The zero-order valence-electron chi connectivity index (χ0n) is 15.4. The van der Waals surface area contributed by atoms with Gasteiger partial charge in [-0.05, 0) is 29.8 Å². The number of piperazine rings is 1. The topological polar surface area (TPSA) is 54.4 Å². The maximum absolute atomic E-state index is 10.3. The standard InChI is InChI=1S/C21H26N2O4/c24-19(15-25-14-17-6-7-20-21(12-17)27-16-26-20)13-22-8-10-23(11-9-22)18-4-2-1-3-5-18/h1-7,12,19,24H,8-11,13-16H2/t19-/m0/s1. The third kappa shape index (κ3) is 4.71. The number of β-amino-alcohol motifs (C(OH)–C–C–N with tert-alkyl or cyclic N) is 1. The number of benzene rings is 2. The van der Waals surface area contributed by atoms with Gasteiger partial charge in [0.2, 0.25) is 6.79 Å². The number of anilines is 1. The summed E-state index contributed by atoms with van der Waals surface area (Å²) in [6, 6.07) is 16.3. The van der Waals surface area contributed by atoms with Gasteiger partial charge in [0.05, 0.1) is 19.3 Å². The molecule has 1 saturated heterocycles. The Morgan fingerprint density at radius 2 is 1.74 bits per heavy atom. The molecule has 0 saturated carbocycles. The maximum Gasteiger partial charge on any atom is 0.231 e. The predicted octanol–water partition coefficient (Wildman–Crippen LogP) is 2.12. The van der Waals surface area contributed by atoms with Crippen LogP contribution >= 0.6 is 0 Å². The number of aliphatic hydroxyl groups excluding tert-OH is 1. The minimum Gasteiger partial charge on any atom is -0.454 e. The van der Waals surface area contributed by atoms with Gasteiger partial charge in [0.1, 0.15) is 0 Å². The summed E-state index contributed by atoms with van der Waals surface area (Å²) in [7, 11) is 0. The lowest BCUT2D eigenvalue weighted by atomic mass is 10.2. The molecule has 0 amide bonds. The first-order valence-electron chi connectivity index (χ1n) is 9.44. The molecule has 0 unspecified atom stereocenters. The highest BCUT2D eigenvalue weighted by Gasteiger charge is 2.19. The molecule has 6 nitrogen and oxygen atoms in total. The van der Waals surface area contributed by atoms with E-state index >= 15 is 0 Å². The fourth-order valence-electron chi connectivity index (χ4n) is 3.52. The zero-order chi connectivity index (χ0) is 18.5. The molecule has 2 aromatic rings. The summed E-state index contributed by atoms with van der Waals surface area (Å²) in [6.45, 7) is 5.56. The fourth-order valence-corrected chi connectivity index (χ4v) is 3.52. The Hall–Kier alpha value is -2.28. The van der Waals surface area contributed by atoms with Crippen LogP contribution in [0.3, 0.4) is 0 Å². The predicted molar refractivity (Wildman–Crippen MR) is 103 cm³/mol. The number of hydrogen-bond acceptors (Lipinski definition) is 6. The lowest BCUT2D eigenvalue weighted by molar-refractivity contribution is 0.00911. The summed E-state index contributed by atoms with van der Waals surface area (Å²) in [5, 5.41) is 10.3. The van der Waals surface area contributed by atoms with Crippen molar-refractivity contribution in [1.29, 1.82) is 0 Å². The Labute approximate surface area is 159 Å². The second-order valence-electron chi connectivity index (χ2n) is 6.98. The Morgan fingerprint density at radius 1 is 0.963 bits per heavy atom. The maximum atomic E-state index is 10.3. The molecular formula is C21H26N2O4. The Balaban J connectivity index is 1.16. The number of rotatable bonds is 7. The minimum absolute atomic E-state index is 0.274. The molecule has 2 aliphatic heterocycles. The Bertz CT molecular complexity index is 732. The van der Waals surface area contributed by atoms with Gasteiger partial charge in [0.25, 0.3) is 0 Å². The molecule has 2 aliphatic rings. The zero-order valence-corrected chi connectivity index (χ0v) is 15.4. The van der Waals surface area contributed by atoms with Gasteiger partial charge in [-0.1, -0.05) is 24.3 Å². The highest BCUT2D eigenvalue weighted by Crippen LogP contribution is 2.32. The van der Waals surface area contributed by atoms with Crippen LogP contribution in [0.5, 0.6) is 11.5 Å². The lowest BCUT2D eigenvalue weighted by Crippen LogP contribution is -2.49. The molecule has 1 N–H and O–H groups in total. The van der Waals surface area contributed by atoms with Crippen molar-refractivity contribution in [2.24, 2.45) is 0 Å². The second-order valence-corrected chi connectivity index (χ2v) is 6.98. The van der Waals surface area contributed by atoms with Crippen LogP contribution in [0.2, 0.25) is 0 Å². The van der Waals surface area contributed by atoms with E-state index in [0.29, 0.717) is 19.8 Å². The summed E-state index contributed by atoms with van der Waals surface area (Å²) in [4.78, 5) is 4.69. The van der Waals surface area contributed by atoms with Crippen molar-refractivity contribution in [3.63, 3.8) is 0 Å². The summed E-state index contributed by atoms with van der Waals surface area (Å²) in [6.07, 6.45) is -0.484. The van der Waals surface area contributed by atoms with Gasteiger partial charge in [-0.15, -0.1) is 0 Å². The molecule has 144 valence electrons. The number of ether oxygens (including phenoxy) is 3. The van der Waals surface area contributed by atoms with E-state index in [1.165, 1.54) is 5.69 Å². The van der Waals surface area contributed by atoms with Crippen molar-refractivity contribution in [1.82, 2.24) is 4.90 Å². The van der Waals surface area contributed by atoms with Gasteiger partial charge < -0.3 is 24.2 Å². The van der Waals surface area contributed by atoms with E-state index in [-0.39, 0.29) is 6.79 Å². The van der Waals surface area contributed by atoms with E-state index in [1.807, 2.05) is 24.3 Å². The number of fused-ring (bicyclic) bond motifs is 1. The van der Waals surface area contributed by atoms with Crippen LogP contribution in [-0.4, -0.2) is 62.2 Å². The van der Waals surface area contributed by atoms with Crippen molar-refractivity contribution in [3.05, 3.63) is 54.1 Å². The van der Waals surface area contributed by atoms with E-state index in [9.17, 15) is 5.11 Å². The van der Waals surface area contributed by atoms with Crippen LogP contribution in [0.1, 0.15) is 5.56 Å².